The first-order valence-electron chi connectivity index (χ1n) is 9.55. The predicted octanol–water partition coefficient (Wildman–Crippen LogP) is 2.16. The van der Waals surface area contributed by atoms with E-state index in [1.54, 1.807) is 0 Å². The number of benzene rings is 1. The topological polar surface area (TPSA) is 78.5 Å². The molecule has 4 amide bonds. The molecule has 1 atom stereocenters. The number of hydrogen-bond acceptors (Lipinski definition) is 3. The summed E-state index contributed by atoms with van der Waals surface area (Å²) in [6, 6.07) is 10.0. The third kappa shape index (κ3) is 3.20. The zero-order valence-electron chi connectivity index (χ0n) is 14.9. The van der Waals surface area contributed by atoms with E-state index in [0.717, 1.165) is 38.8 Å². The summed E-state index contributed by atoms with van der Waals surface area (Å²) in [6.45, 7) is 1.51. The van der Waals surface area contributed by atoms with Crippen LogP contribution in [0.15, 0.2) is 30.3 Å². The van der Waals surface area contributed by atoms with Crippen LogP contribution in [-0.2, 0) is 9.59 Å². The van der Waals surface area contributed by atoms with Crippen molar-refractivity contribution in [2.24, 2.45) is 5.92 Å². The Labute approximate surface area is 153 Å². The molecule has 2 aliphatic heterocycles. The summed E-state index contributed by atoms with van der Waals surface area (Å²) in [4.78, 5) is 38.4. The van der Waals surface area contributed by atoms with Crippen molar-refractivity contribution < 1.29 is 14.4 Å². The molecule has 4 rings (SSSR count). The van der Waals surface area contributed by atoms with E-state index < -0.39 is 11.6 Å². The molecule has 6 heteroatoms. The van der Waals surface area contributed by atoms with Gasteiger partial charge in [-0.3, -0.25) is 14.9 Å². The van der Waals surface area contributed by atoms with E-state index in [0.29, 0.717) is 18.8 Å². The first-order valence-corrected chi connectivity index (χ1v) is 9.55. The average molecular weight is 355 g/mol. The summed E-state index contributed by atoms with van der Waals surface area (Å²) < 4.78 is 0. The molecule has 0 spiro atoms. The Morgan fingerprint density at radius 2 is 1.77 bits per heavy atom. The summed E-state index contributed by atoms with van der Waals surface area (Å²) in [5.41, 5.74) is 0.479. The molecule has 1 saturated carbocycles. The molecule has 0 bridgehead atoms. The van der Waals surface area contributed by atoms with Gasteiger partial charge in [-0.05, 0) is 49.5 Å². The quantitative estimate of drug-likeness (QED) is 0.795. The highest BCUT2D eigenvalue weighted by atomic mass is 16.2. The lowest BCUT2D eigenvalue weighted by atomic mass is 9.87. The number of carbonyl (C=O) groups excluding carboxylic acids is 3. The minimum Gasteiger partial charge on any atom is -0.343 e. The van der Waals surface area contributed by atoms with Gasteiger partial charge in [-0.1, -0.05) is 30.3 Å². The van der Waals surface area contributed by atoms with Crippen LogP contribution in [0.3, 0.4) is 0 Å². The molecule has 2 heterocycles. The van der Waals surface area contributed by atoms with E-state index in [-0.39, 0.29) is 17.7 Å². The molecule has 0 aromatic heterocycles. The molecule has 3 aliphatic rings. The lowest BCUT2D eigenvalue weighted by Crippen LogP contribution is -2.50. The maximum Gasteiger partial charge on any atom is 0.322 e. The van der Waals surface area contributed by atoms with E-state index in [4.69, 9.17) is 0 Å². The lowest BCUT2D eigenvalue weighted by Gasteiger charge is -2.33. The zero-order chi connectivity index (χ0) is 18.1. The number of piperidine rings is 1. The average Bonchev–Trinajstić information content (AvgIpc) is 3.47. The molecule has 2 saturated heterocycles. The van der Waals surface area contributed by atoms with Gasteiger partial charge >= 0.3 is 6.03 Å². The Bertz CT molecular complexity index is 708. The first kappa shape index (κ1) is 17.1. The Balaban J connectivity index is 1.32. The van der Waals surface area contributed by atoms with E-state index in [2.05, 4.69) is 34.9 Å². The molecule has 1 aromatic rings. The Hall–Kier alpha value is -2.37. The number of urea groups is 1. The van der Waals surface area contributed by atoms with Gasteiger partial charge in [0, 0.05) is 19.5 Å². The summed E-state index contributed by atoms with van der Waals surface area (Å²) in [6.07, 6.45) is 4.52. The number of amides is 4. The van der Waals surface area contributed by atoms with Gasteiger partial charge in [0.1, 0.15) is 5.54 Å². The van der Waals surface area contributed by atoms with E-state index in [1.165, 1.54) is 5.56 Å². The molecule has 2 N–H and O–H groups in total. The van der Waals surface area contributed by atoms with Crippen LogP contribution in [0.25, 0.3) is 0 Å². The molecule has 1 unspecified atom stereocenters. The van der Waals surface area contributed by atoms with Crippen LogP contribution >= 0.6 is 0 Å². The fourth-order valence-electron chi connectivity index (χ4n) is 4.40. The van der Waals surface area contributed by atoms with Gasteiger partial charge in [0.15, 0.2) is 0 Å². The predicted molar refractivity (Wildman–Crippen MR) is 96.4 cm³/mol. The molecule has 1 aromatic carbocycles. The van der Waals surface area contributed by atoms with Crippen molar-refractivity contribution in [3.05, 3.63) is 35.9 Å². The van der Waals surface area contributed by atoms with E-state index in [9.17, 15) is 14.4 Å². The van der Waals surface area contributed by atoms with Gasteiger partial charge < -0.3 is 10.2 Å². The van der Waals surface area contributed by atoms with Crippen molar-refractivity contribution >= 4 is 17.8 Å². The second-order valence-corrected chi connectivity index (χ2v) is 7.72. The SMILES string of the molecule is O=C1NC(=O)C(CCC(=O)N2CCC(c3ccccc3)CC2)(C2CC2)N1. The smallest absolute Gasteiger partial charge is 0.322 e. The fraction of sp³-hybridized carbons (Fsp3) is 0.550. The van der Waals surface area contributed by atoms with Crippen LogP contribution < -0.4 is 10.6 Å². The highest BCUT2D eigenvalue weighted by Crippen LogP contribution is 2.43. The summed E-state index contributed by atoms with van der Waals surface area (Å²) in [5, 5.41) is 5.14. The normalized spacial score (nSPS) is 26.5. The van der Waals surface area contributed by atoms with Gasteiger partial charge in [0.05, 0.1) is 0 Å². The maximum absolute atomic E-state index is 12.7. The van der Waals surface area contributed by atoms with Gasteiger partial charge in [-0.25, -0.2) is 4.79 Å². The Morgan fingerprint density at radius 1 is 1.08 bits per heavy atom. The van der Waals surface area contributed by atoms with Gasteiger partial charge in [-0.15, -0.1) is 0 Å². The third-order valence-corrected chi connectivity index (χ3v) is 6.09. The first-order chi connectivity index (χ1) is 12.6. The van der Waals surface area contributed by atoms with Crippen molar-refractivity contribution in [1.29, 1.82) is 0 Å². The standard InChI is InChI=1S/C20H25N3O3/c24-17(8-11-20(16-6-7-16)18(25)21-19(26)22-20)23-12-9-15(10-13-23)14-4-2-1-3-5-14/h1-5,15-16H,6-13H2,(H2,21,22,25,26). The van der Waals surface area contributed by atoms with Gasteiger partial charge in [0.2, 0.25) is 5.91 Å². The van der Waals surface area contributed by atoms with Crippen LogP contribution in [0.4, 0.5) is 4.79 Å². The molecule has 26 heavy (non-hydrogen) atoms. The van der Waals surface area contributed by atoms with Crippen molar-refractivity contribution in [3.8, 4) is 0 Å². The minimum atomic E-state index is -0.866. The summed E-state index contributed by atoms with van der Waals surface area (Å²) in [5.74, 6) is 0.509. The van der Waals surface area contributed by atoms with Crippen LogP contribution in [0.2, 0.25) is 0 Å². The fourth-order valence-corrected chi connectivity index (χ4v) is 4.40. The van der Waals surface area contributed by atoms with Crippen LogP contribution in [-0.4, -0.2) is 41.4 Å². The summed E-state index contributed by atoms with van der Waals surface area (Å²) >= 11 is 0. The van der Waals surface area contributed by atoms with Crippen LogP contribution in [0.1, 0.15) is 50.0 Å². The summed E-state index contributed by atoms with van der Waals surface area (Å²) in [7, 11) is 0. The highest BCUT2D eigenvalue weighted by molar-refractivity contribution is 6.07. The largest absolute Gasteiger partial charge is 0.343 e. The van der Waals surface area contributed by atoms with Crippen LogP contribution in [0.5, 0.6) is 0 Å². The number of nitrogens with zero attached hydrogens (tertiary/aromatic N) is 1. The van der Waals surface area contributed by atoms with Crippen molar-refractivity contribution in [2.75, 3.05) is 13.1 Å². The lowest BCUT2D eigenvalue weighted by molar-refractivity contribution is -0.133. The van der Waals surface area contributed by atoms with Crippen molar-refractivity contribution in [3.63, 3.8) is 0 Å². The van der Waals surface area contributed by atoms with E-state index >= 15 is 0 Å². The van der Waals surface area contributed by atoms with Crippen LogP contribution in [0, 0.1) is 5.92 Å². The Kier molecular flexibility index (Phi) is 4.42. The number of imide groups is 1. The minimum absolute atomic E-state index is 0.0884. The molecule has 1 aliphatic carbocycles. The third-order valence-electron chi connectivity index (χ3n) is 6.09. The number of rotatable bonds is 5. The van der Waals surface area contributed by atoms with Crippen molar-refractivity contribution in [2.45, 2.75) is 50.0 Å². The molecule has 0 radical (unpaired) electrons. The molecular formula is C20H25N3O3. The zero-order valence-corrected chi connectivity index (χ0v) is 14.9. The molecule has 6 nitrogen and oxygen atoms in total. The molecular weight excluding hydrogens is 330 g/mol. The Morgan fingerprint density at radius 3 is 2.35 bits per heavy atom. The highest BCUT2D eigenvalue weighted by Gasteiger charge is 2.55. The maximum atomic E-state index is 12.7. The number of hydrogen-bond donors (Lipinski definition) is 2. The number of likely N-dealkylation sites (tertiary alicyclic amines) is 1. The van der Waals surface area contributed by atoms with Crippen molar-refractivity contribution in [1.82, 2.24) is 15.5 Å². The number of nitrogens with one attached hydrogen (secondary N) is 2. The molecule has 138 valence electrons. The second kappa shape index (κ2) is 6.74. The van der Waals surface area contributed by atoms with Gasteiger partial charge in [0.25, 0.3) is 5.91 Å². The molecule has 3 fully saturated rings. The van der Waals surface area contributed by atoms with E-state index in [1.807, 2.05) is 11.0 Å². The van der Waals surface area contributed by atoms with Gasteiger partial charge in [-0.2, -0.15) is 0 Å². The monoisotopic (exact) mass is 355 g/mol. The second-order valence-electron chi connectivity index (χ2n) is 7.72. The number of carbonyl (C=O) groups is 3.